The number of rotatable bonds is 11. The van der Waals surface area contributed by atoms with Gasteiger partial charge in [-0.05, 0) is 41.5 Å². The topological polar surface area (TPSA) is 131 Å². The van der Waals surface area contributed by atoms with Gasteiger partial charge in [0, 0.05) is 6.54 Å². The third kappa shape index (κ3) is 7.12. The number of carbonyl (C=O) groups excluding carboxylic acids is 2. The van der Waals surface area contributed by atoms with Gasteiger partial charge in [-0.1, -0.05) is 66.7 Å². The Morgan fingerprint density at radius 3 is 2.07 bits per heavy atom. The number of nitrogens with two attached hydrogens (primary N) is 1. The van der Waals surface area contributed by atoms with Gasteiger partial charge in [0.25, 0.3) is 0 Å². The molecule has 10 heteroatoms. The minimum atomic E-state index is -0.476. The van der Waals surface area contributed by atoms with Gasteiger partial charge >= 0.3 is 11.9 Å². The molecule has 0 fully saturated rings. The van der Waals surface area contributed by atoms with Crippen molar-refractivity contribution in [2.45, 2.75) is 13.2 Å². The molecule has 2 aromatic heterocycles. The second-order valence-electron chi connectivity index (χ2n) is 8.97. The predicted octanol–water partition coefficient (Wildman–Crippen LogP) is 4.63. The van der Waals surface area contributed by atoms with E-state index < -0.39 is 11.9 Å². The molecule has 10 nitrogen and oxygen atoms in total. The molecule has 0 saturated carbocycles. The van der Waals surface area contributed by atoms with E-state index in [1.54, 1.807) is 65.5 Å². The summed E-state index contributed by atoms with van der Waals surface area (Å²) in [6, 6.07) is 27.0. The van der Waals surface area contributed by atoms with Crippen LogP contribution in [-0.4, -0.2) is 44.7 Å². The Balaban J connectivity index is 1.34. The minimum absolute atomic E-state index is 0.0266. The fraction of sp³-hybridized carbons (Fsp3) is 0.129. The molecule has 2 N–H and O–H groups in total. The van der Waals surface area contributed by atoms with Crippen LogP contribution in [0.5, 0.6) is 5.88 Å². The van der Waals surface area contributed by atoms with Crippen LogP contribution in [0.2, 0.25) is 0 Å². The highest BCUT2D eigenvalue weighted by atomic mass is 16.5. The van der Waals surface area contributed by atoms with Crippen LogP contribution in [0.3, 0.4) is 0 Å². The Bertz CT molecular complexity index is 1650. The summed E-state index contributed by atoms with van der Waals surface area (Å²) >= 11 is 0. The molecule has 0 amide bonds. The van der Waals surface area contributed by atoms with Crippen LogP contribution in [0.1, 0.15) is 26.3 Å². The van der Waals surface area contributed by atoms with Gasteiger partial charge in [-0.2, -0.15) is 9.97 Å². The third-order valence-electron chi connectivity index (χ3n) is 6.04. The molecule has 206 valence electrons. The lowest BCUT2D eigenvalue weighted by Crippen LogP contribution is -2.13. The van der Waals surface area contributed by atoms with E-state index in [0.29, 0.717) is 27.9 Å². The molecule has 0 radical (unpaired) electrons. The Hall–Kier alpha value is -5.51. The van der Waals surface area contributed by atoms with E-state index in [-0.39, 0.29) is 38.2 Å². The maximum atomic E-state index is 12.6. The highest BCUT2D eigenvalue weighted by Crippen LogP contribution is 2.23. The van der Waals surface area contributed by atoms with Crippen LogP contribution >= 0.6 is 0 Å². The van der Waals surface area contributed by atoms with Crippen molar-refractivity contribution in [3.63, 3.8) is 0 Å². The van der Waals surface area contributed by atoms with Gasteiger partial charge in [-0.15, -0.1) is 0 Å². The number of esters is 2. The first-order chi connectivity index (χ1) is 20.1. The number of anilines is 1. The molecule has 5 aromatic rings. The minimum Gasteiger partial charge on any atom is -0.471 e. The van der Waals surface area contributed by atoms with Gasteiger partial charge in [0.05, 0.1) is 17.5 Å². The molecule has 0 spiro atoms. The molecule has 0 aliphatic heterocycles. The summed E-state index contributed by atoms with van der Waals surface area (Å²) in [6.07, 6.45) is 3.28. The summed E-state index contributed by atoms with van der Waals surface area (Å²) in [6.45, 7) is 0.442. The number of nitrogen functional groups attached to an aromatic ring is 1. The van der Waals surface area contributed by atoms with Crippen molar-refractivity contribution in [2.75, 3.05) is 18.9 Å². The zero-order valence-electron chi connectivity index (χ0n) is 22.1. The third-order valence-corrected chi connectivity index (χ3v) is 6.04. The number of imidazole rings is 1. The molecule has 0 bridgehead atoms. The molecule has 0 atom stereocenters. The number of hydrogen-bond donors (Lipinski definition) is 1. The lowest BCUT2D eigenvalue weighted by atomic mass is 10.2. The first-order valence-electron chi connectivity index (χ1n) is 12.8. The monoisotopic (exact) mass is 549 g/mol. The second kappa shape index (κ2) is 13.0. The standard InChI is InChI=1S/C31H27N5O5/c32-31-34-27-26(28(35-31)40-19-22-10-4-1-5-11-22)33-21-36(27)18-23(20-41-30(38)25-14-8-3-9-15-25)16-17-39-29(37)24-12-6-2-7-13-24/h1-16,21H,17-20H2,(H2,32,34,35)/b23-16-. The average molecular weight is 550 g/mol. The molecule has 41 heavy (non-hydrogen) atoms. The van der Waals surface area contributed by atoms with Crippen LogP contribution in [-0.2, 0) is 22.6 Å². The quantitative estimate of drug-likeness (QED) is 0.185. The van der Waals surface area contributed by atoms with Gasteiger partial charge in [0.2, 0.25) is 11.8 Å². The molecule has 0 aliphatic rings. The SMILES string of the molecule is Nc1nc(OCc2ccccc2)c2ncn(C/C(=C/COC(=O)c3ccccc3)COC(=O)c3ccccc3)c2n1. The van der Waals surface area contributed by atoms with Crippen LogP contribution in [0.15, 0.2) is 109 Å². The molecular weight excluding hydrogens is 522 g/mol. The smallest absolute Gasteiger partial charge is 0.338 e. The number of hydrogen-bond acceptors (Lipinski definition) is 9. The van der Waals surface area contributed by atoms with E-state index in [1.807, 2.05) is 42.5 Å². The first kappa shape index (κ1) is 27.1. The van der Waals surface area contributed by atoms with E-state index >= 15 is 0 Å². The van der Waals surface area contributed by atoms with Crippen molar-refractivity contribution < 1.29 is 23.8 Å². The number of fused-ring (bicyclic) bond motifs is 1. The number of ether oxygens (including phenoxy) is 3. The zero-order valence-corrected chi connectivity index (χ0v) is 22.1. The van der Waals surface area contributed by atoms with Crippen molar-refractivity contribution in [2.24, 2.45) is 0 Å². The maximum Gasteiger partial charge on any atom is 0.338 e. The molecule has 5 rings (SSSR count). The summed E-state index contributed by atoms with van der Waals surface area (Å²) in [4.78, 5) is 38.1. The Labute approximate surface area is 236 Å². The van der Waals surface area contributed by atoms with Crippen LogP contribution in [0.25, 0.3) is 11.2 Å². The van der Waals surface area contributed by atoms with E-state index in [9.17, 15) is 9.59 Å². The van der Waals surface area contributed by atoms with E-state index in [2.05, 4.69) is 15.0 Å². The van der Waals surface area contributed by atoms with Crippen molar-refractivity contribution in [1.82, 2.24) is 19.5 Å². The normalized spacial score (nSPS) is 11.3. The van der Waals surface area contributed by atoms with E-state index in [0.717, 1.165) is 5.56 Å². The average Bonchev–Trinajstić information content (AvgIpc) is 3.41. The van der Waals surface area contributed by atoms with Crippen LogP contribution in [0.4, 0.5) is 5.95 Å². The molecular formula is C31H27N5O5. The summed E-state index contributed by atoms with van der Waals surface area (Å²) in [5, 5.41) is 0. The zero-order chi connectivity index (χ0) is 28.4. The molecule has 3 aromatic carbocycles. The molecule has 0 unspecified atom stereocenters. The summed E-state index contributed by atoms with van der Waals surface area (Å²) in [7, 11) is 0. The van der Waals surface area contributed by atoms with Gasteiger partial charge < -0.3 is 24.5 Å². The number of nitrogens with zero attached hydrogens (tertiary/aromatic N) is 4. The summed E-state index contributed by atoms with van der Waals surface area (Å²) < 4.78 is 18.6. The van der Waals surface area contributed by atoms with Gasteiger partial charge in [0.1, 0.15) is 19.8 Å². The predicted molar refractivity (Wildman–Crippen MR) is 152 cm³/mol. The fourth-order valence-corrected chi connectivity index (χ4v) is 3.97. The van der Waals surface area contributed by atoms with Crippen molar-refractivity contribution >= 4 is 29.1 Å². The Morgan fingerprint density at radius 2 is 1.41 bits per heavy atom. The number of aromatic nitrogens is 4. The molecule has 0 aliphatic carbocycles. The lowest BCUT2D eigenvalue weighted by molar-refractivity contribution is 0.0516. The van der Waals surface area contributed by atoms with Crippen molar-refractivity contribution in [1.29, 1.82) is 0 Å². The van der Waals surface area contributed by atoms with Gasteiger partial charge in [-0.3, -0.25) is 0 Å². The highest BCUT2D eigenvalue weighted by Gasteiger charge is 2.16. The summed E-state index contributed by atoms with van der Waals surface area (Å²) in [5.41, 5.74) is 9.36. The summed E-state index contributed by atoms with van der Waals surface area (Å²) in [5.74, 6) is -0.652. The van der Waals surface area contributed by atoms with Crippen LogP contribution < -0.4 is 10.5 Å². The fourth-order valence-electron chi connectivity index (χ4n) is 3.97. The van der Waals surface area contributed by atoms with Crippen molar-refractivity contribution in [3.05, 3.63) is 126 Å². The molecule has 0 saturated heterocycles. The maximum absolute atomic E-state index is 12.6. The van der Waals surface area contributed by atoms with E-state index in [4.69, 9.17) is 19.9 Å². The molecule has 2 heterocycles. The number of carbonyl (C=O) groups is 2. The van der Waals surface area contributed by atoms with E-state index in [1.165, 1.54) is 0 Å². The van der Waals surface area contributed by atoms with Crippen molar-refractivity contribution in [3.8, 4) is 5.88 Å². The van der Waals surface area contributed by atoms with Gasteiger partial charge in [-0.25, -0.2) is 14.6 Å². The van der Waals surface area contributed by atoms with Gasteiger partial charge in [0.15, 0.2) is 11.2 Å². The number of benzene rings is 3. The largest absolute Gasteiger partial charge is 0.471 e. The first-order valence-corrected chi connectivity index (χ1v) is 12.8. The Morgan fingerprint density at radius 1 is 0.805 bits per heavy atom. The highest BCUT2D eigenvalue weighted by molar-refractivity contribution is 5.90. The van der Waals surface area contributed by atoms with Crippen LogP contribution in [0, 0.1) is 0 Å². The second-order valence-corrected chi connectivity index (χ2v) is 8.97. The lowest BCUT2D eigenvalue weighted by Gasteiger charge is -2.12. The Kier molecular flexibility index (Phi) is 8.60.